The van der Waals surface area contributed by atoms with Gasteiger partial charge in [-0.3, -0.25) is 0 Å². The minimum atomic E-state index is -0.220. The zero-order valence-electron chi connectivity index (χ0n) is 13.2. The maximum Gasteiger partial charge on any atom is 0.333 e. The van der Waals surface area contributed by atoms with Crippen LogP contribution in [0, 0.1) is 0 Å². The zero-order chi connectivity index (χ0) is 14.8. The molecule has 0 saturated carbocycles. The predicted molar refractivity (Wildman–Crippen MR) is 82.0 cm³/mol. The Hall–Kier alpha value is -1.31. The monoisotopic (exact) mass is 264 g/mol. The van der Waals surface area contributed by atoms with E-state index < -0.39 is 0 Å². The third-order valence-electron chi connectivity index (χ3n) is 2.74. The van der Waals surface area contributed by atoms with Crippen molar-refractivity contribution < 1.29 is 9.53 Å². The van der Waals surface area contributed by atoms with Crippen molar-refractivity contribution in [2.75, 3.05) is 0 Å². The normalized spacial score (nSPS) is 14.0. The van der Waals surface area contributed by atoms with E-state index in [4.69, 9.17) is 4.74 Å². The van der Waals surface area contributed by atoms with E-state index >= 15 is 0 Å². The highest BCUT2D eigenvalue weighted by molar-refractivity contribution is 5.87. The third-order valence-corrected chi connectivity index (χ3v) is 2.74. The van der Waals surface area contributed by atoms with Crippen LogP contribution in [-0.2, 0) is 9.53 Å². The molecular formula is C17H28O2. The Morgan fingerprint density at radius 3 is 2.32 bits per heavy atom. The lowest BCUT2D eigenvalue weighted by Crippen LogP contribution is -2.14. The first-order valence-electron chi connectivity index (χ1n) is 7.05. The molecule has 0 spiro atoms. The van der Waals surface area contributed by atoms with E-state index in [0.29, 0.717) is 5.57 Å². The molecule has 0 N–H and O–H groups in total. The fraction of sp³-hybridized carbons (Fsp3) is 0.588. The smallest absolute Gasteiger partial charge is 0.333 e. The van der Waals surface area contributed by atoms with Gasteiger partial charge in [-0.1, -0.05) is 30.2 Å². The molecule has 1 unspecified atom stereocenters. The first-order valence-corrected chi connectivity index (χ1v) is 7.05. The van der Waals surface area contributed by atoms with Crippen LogP contribution in [0.5, 0.6) is 0 Å². The van der Waals surface area contributed by atoms with Crippen molar-refractivity contribution in [3.63, 3.8) is 0 Å². The van der Waals surface area contributed by atoms with Gasteiger partial charge in [0.25, 0.3) is 0 Å². The van der Waals surface area contributed by atoms with Gasteiger partial charge in [-0.05, 0) is 60.0 Å². The first-order chi connectivity index (χ1) is 8.86. The average molecular weight is 264 g/mol. The molecule has 0 rings (SSSR count). The van der Waals surface area contributed by atoms with Crippen LogP contribution in [0.4, 0.5) is 0 Å². The summed E-state index contributed by atoms with van der Waals surface area (Å²) >= 11 is 0. The summed E-state index contributed by atoms with van der Waals surface area (Å²) in [5, 5.41) is 0. The lowest BCUT2D eigenvalue weighted by Gasteiger charge is -2.11. The molecule has 0 aromatic heterocycles. The molecule has 0 saturated heterocycles. The summed E-state index contributed by atoms with van der Waals surface area (Å²) in [6, 6.07) is 0. The van der Waals surface area contributed by atoms with Gasteiger partial charge in [-0.25, -0.2) is 4.79 Å². The molecule has 0 heterocycles. The van der Waals surface area contributed by atoms with Crippen molar-refractivity contribution in [3.8, 4) is 0 Å². The Bertz CT molecular complexity index is 369. The third kappa shape index (κ3) is 9.29. The number of esters is 1. The Kier molecular flexibility index (Phi) is 8.94. The van der Waals surface area contributed by atoms with Gasteiger partial charge in [-0.2, -0.15) is 0 Å². The number of carbonyl (C=O) groups excluding carboxylic acids is 1. The minimum Gasteiger partial charge on any atom is -0.455 e. The summed E-state index contributed by atoms with van der Waals surface area (Å²) < 4.78 is 5.36. The van der Waals surface area contributed by atoms with Crippen LogP contribution in [0.3, 0.4) is 0 Å². The van der Waals surface area contributed by atoms with Crippen LogP contribution >= 0.6 is 0 Å². The highest BCUT2D eigenvalue weighted by Gasteiger charge is 2.09. The largest absolute Gasteiger partial charge is 0.455 e. The summed E-state index contributed by atoms with van der Waals surface area (Å²) in [5.41, 5.74) is 3.28. The molecule has 0 aromatic rings. The van der Waals surface area contributed by atoms with E-state index in [1.54, 1.807) is 6.92 Å². The molecule has 0 aromatic carbocycles. The number of ether oxygens (including phenoxy) is 1. The SMILES string of the molecule is CCC=C(C)C(=O)OC(C)C=C(C)CCC=C(C)C. The second kappa shape index (κ2) is 9.60. The molecule has 0 aliphatic rings. The highest BCUT2D eigenvalue weighted by atomic mass is 16.5. The predicted octanol–water partition coefficient (Wildman–Crippen LogP) is 4.97. The second-order valence-electron chi connectivity index (χ2n) is 5.24. The van der Waals surface area contributed by atoms with Gasteiger partial charge in [-0.15, -0.1) is 0 Å². The van der Waals surface area contributed by atoms with Gasteiger partial charge in [0.2, 0.25) is 0 Å². The van der Waals surface area contributed by atoms with E-state index in [1.165, 1.54) is 11.1 Å². The van der Waals surface area contributed by atoms with Crippen molar-refractivity contribution in [1.29, 1.82) is 0 Å². The lowest BCUT2D eigenvalue weighted by molar-refractivity contribution is -0.141. The number of hydrogen-bond donors (Lipinski definition) is 0. The summed E-state index contributed by atoms with van der Waals surface area (Å²) in [5.74, 6) is -0.220. The fourth-order valence-electron chi connectivity index (χ4n) is 1.76. The quantitative estimate of drug-likeness (QED) is 0.369. The summed E-state index contributed by atoms with van der Waals surface area (Å²) in [6.07, 6.45) is 8.88. The van der Waals surface area contributed by atoms with Crippen LogP contribution in [0.25, 0.3) is 0 Å². The van der Waals surface area contributed by atoms with E-state index in [0.717, 1.165) is 19.3 Å². The van der Waals surface area contributed by atoms with Crippen LogP contribution in [0.2, 0.25) is 0 Å². The number of allylic oxidation sites excluding steroid dienone is 4. The Morgan fingerprint density at radius 1 is 1.16 bits per heavy atom. The number of carbonyl (C=O) groups is 1. The van der Waals surface area contributed by atoms with Gasteiger partial charge in [0, 0.05) is 5.57 Å². The Labute approximate surface area is 118 Å². The van der Waals surface area contributed by atoms with E-state index in [-0.39, 0.29) is 12.1 Å². The van der Waals surface area contributed by atoms with E-state index in [9.17, 15) is 4.79 Å². The Balaban J connectivity index is 4.28. The van der Waals surface area contributed by atoms with Crippen molar-refractivity contribution in [2.24, 2.45) is 0 Å². The van der Waals surface area contributed by atoms with Crippen molar-refractivity contribution in [2.45, 2.75) is 66.9 Å². The molecule has 0 amide bonds. The first kappa shape index (κ1) is 17.7. The van der Waals surface area contributed by atoms with Crippen molar-refractivity contribution in [1.82, 2.24) is 0 Å². The summed E-state index contributed by atoms with van der Waals surface area (Å²) in [4.78, 5) is 11.7. The fourth-order valence-corrected chi connectivity index (χ4v) is 1.76. The van der Waals surface area contributed by atoms with E-state index in [2.05, 4.69) is 26.8 Å². The molecule has 19 heavy (non-hydrogen) atoms. The van der Waals surface area contributed by atoms with Gasteiger partial charge < -0.3 is 4.74 Å². The molecule has 0 fully saturated rings. The number of hydrogen-bond acceptors (Lipinski definition) is 2. The van der Waals surface area contributed by atoms with Gasteiger partial charge in [0.1, 0.15) is 6.10 Å². The number of rotatable bonds is 7. The summed E-state index contributed by atoms with van der Waals surface area (Å²) in [7, 11) is 0. The second-order valence-corrected chi connectivity index (χ2v) is 5.24. The molecule has 1 atom stereocenters. The van der Waals surface area contributed by atoms with Crippen molar-refractivity contribution in [3.05, 3.63) is 34.9 Å². The molecule has 0 aliphatic heterocycles. The van der Waals surface area contributed by atoms with Crippen LogP contribution in [0.15, 0.2) is 34.9 Å². The van der Waals surface area contributed by atoms with Crippen molar-refractivity contribution >= 4 is 5.97 Å². The average Bonchev–Trinajstić information content (AvgIpc) is 2.28. The molecule has 0 radical (unpaired) electrons. The standard InChI is InChI=1S/C17H28O2/c1-7-9-15(5)17(18)19-16(6)12-14(4)11-8-10-13(2)3/h9-10,12,16H,7-8,11H2,1-6H3. The van der Waals surface area contributed by atoms with E-state index in [1.807, 2.05) is 26.0 Å². The van der Waals surface area contributed by atoms with Gasteiger partial charge in [0.15, 0.2) is 0 Å². The molecule has 2 heteroatoms. The molecule has 108 valence electrons. The molecule has 2 nitrogen and oxygen atoms in total. The molecular weight excluding hydrogens is 236 g/mol. The molecule has 0 bridgehead atoms. The van der Waals surface area contributed by atoms with Gasteiger partial charge in [0.05, 0.1) is 0 Å². The maximum absolute atomic E-state index is 11.7. The minimum absolute atomic E-state index is 0.167. The van der Waals surface area contributed by atoms with Crippen LogP contribution in [0.1, 0.15) is 60.8 Å². The maximum atomic E-state index is 11.7. The zero-order valence-corrected chi connectivity index (χ0v) is 13.2. The topological polar surface area (TPSA) is 26.3 Å². The Morgan fingerprint density at radius 2 is 1.79 bits per heavy atom. The van der Waals surface area contributed by atoms with Crippen LogP contribution < -0.4 is 0 Å². The van der Waals surface area contributed by atoms with Crippen LogP contribution in [-0.4, -0.2) is 12.1 Å². The van der Waals surface area contributed by atoms with Gasteiger partial charge >= 0.3 is 5.97 Å². The lowest BCUT2D eigenvalue weighted by atomic mass is 10.1. The summed E-state index contributed by atoms with van der Waals surface area (Å²) in [6.45, 7) is 12.0. The molecule has 0 aliphatic carbocycles. The highest BCUT2D eigenvalue weighted by Crippen LogP contribution is 2.10.